The summed E-state index contributed by atoms with van der Waals surface area (Å²) in [5.41, 5.74) is 6.97. The van der Waals surface area contributed by atoms with Crippen LogP contribution < -0.4 is 16.9 Å². The molecule has 5 N–H and O–H groups in total. The van der Waals surface area contributed by atoms with E-state index >= 15 is 0 Å². The third kappa shape index (κ3) is 4.96. The van der Waals surface area contributed by atoms with E-state index in [1.54, 1.807) is 19.3 Å². The number of nitrogens with zero attached hydrogens (tertiary/aromatic N) is 4. The number of piperidine rings is 1. The molecule has 1 aliphatic heterocycles. The van der Waals surface area contributed by atoms with Crippen molar-refractivity contribution in [1.82, 2.24) is 19.8 Å². The number of benzene rings is 1. The maximum Gasteiger partial charge on any atom is 0.133 e. The van der Waals surface area contributed by atoms with E-state index in [0.29, 0.717) is 33.9 Å². The van der Waals surface area contributed by atoms with Gasteiger partial charge in [-0.15, -0.1) is 0 Å². The Kier molecular flexibility index (Phi) is 6.24. The number of hydrogen-bond acceptors (Lipinski definition) is 7. The largest absolute Gasteiger partial charge is 0.397 e. The maximum absolute atomic E-state index is 14.5. The molecule has 0 aliphatic carbocycles. The second kappa shape index (κ2) is 8.67. The van der Waals surface area contributed by atoms with Crippen molar-refractivity contribution in [2.75, 3.05) is 39.5 Å². The molecule has 0 bridgehead atoms. The monoisotopic (exact) mass is 399 g/mol. The average Bonchev–Trinajstić information content (AvgIpc) is 2.67. The highest BCUT2D eigenvalue weighted by Gasteiger charge is 2.21. The lowest BCUT2D eigenvalue weighted by atomic mass is 10.0. The van der Waals surface area contributed by atoms with E-state index in [1.165, 1.54) is 17.3 Å². The first-order valence-electron chi connectivity index (χ1n) is 9.66. The molecule has 0 atom stereocenters. The third-order valence-electron chi connectivity index (χ3n) is 5.40. The summed E-state index contributed by atoms with van der Waals surface area (Å²) in [6.07, 6.45) is 5.25. The summed E-state index contributed by atoms with van der Waals surface area (Å²) in [6, 6.07) is 5.45. The van der Waals surface area contributed by atoms with Crippen molar-refractivity contribution in [1.29, 1.82) is 0 Å². The van der Waals surface area contributed by atoms with Gasteiger partial charge in [0.2, 0.25) is 0 Å². The molecule has 1 saturated heterocycles. The maximum atomic E-state index is 14.5. The Morgan fingerprint density at radius 3 is 2.66 bits per heavy atom. The van der Waals surface area contributed by atoms with Gasteiger partial charge in [-0.25, -0.2) is 15.2 Å². The second-order valence-electron chi connectivity index (χ2n) is 7.72. The smallest absolute Gasteiger partial charge is 0.133 e. The molecule has 0 unspecified atom stereocenters. The summed E-state index contributed by atoms with van der Waals surface area (Å²) in [5.74, 6) is 6.60. The number of nitrogens with one attached hydrogen (secondary N) is 1. The van der Waals surface area contributed by atoms with Crippen molar-refractivity contribution in [2.24, 2.45) is 11.6 Å². The number of likely N-dealkylation sites (tertiary alicyclic amines) is 1. The van der Waals surface area contributed by atoms with Crippen molar-refractivity contribution >= 4 is 22.3 Å². The van der Waals surface area contributed by atoms with Crippen LogP contribution in [0, 0.1) is 5.82 Å². The first-order valence-corrected chi connectivity index (χ1v) is 9.66. The molecular weight excluding hydrogens is 369 g/mol. The summed E-state index contributed by atoms with van der Waals surface area (Å²) in [4.78, 5) is 8.84. The van der Waals surface area contributed by atoms with Crippen molar-refractivity contribution < 1.29 is 4.39 Å². The average molecular weight is 400 g/mol. The summed E-state index contributed by atoms with van der Waals surface area (Å²) < 4.78 is 14.5. The van der Waals surface area contributed by atoms with Gasteiger partial charge in [-0.1, -0.05) is 6.58 Å². The number of hydrogen-bond donors (Lipinski definition) is 3. The molecule has 2 heterocycles. The topological polar surface area (TPSA) is 86.7 Å². The minimum atomic E-state index is -0.380. The van der Waals surface area contributed by atoms with Crippen LogP contribution in [0.4, 0.5) is 10.2 Å². The Labute approximate surface area is 171 Å². The molecule has 3 rings (SSSR count). The first kappa shape index (κ1) is 20.9. The van der Waals surface area contributed by atoms with E-state index in [-0.39, 0.29) is 5.82 Å². The van der Waals surface area contributed by atoms with Gasteiger partial charge in [0.25, 0.3) is 0 Å². The van der Waals surface area contributed by atoms with Crippen molar-refractivity contribution in [3.8, 4) is 0 Å². The van der Waals surface area contributed by atoms with Crippen LogP contribution in [-0.4, -0.2) is 60.1 Å². The molecule has 0 spiro atoms. The Balaban J connectivity index is 1.80. The highest BCUT2D eigenvalue weighted by Crippen LogP contribution is 2.25. The van der Waals surface area contributed by atoms with Crippen molar-refractivity contribution in [2.45, 2.75) is 18.9 Å². The van der Waals surface area contributed by atoms with Crippen molar-refractivity contribution in [3.63, 3.8) is 0 Å². The molecule has 0 amide bonds. The Bertz CT molecular complexity index is 917. The predicted octanol–water partition coefficient (Wildman–Crippen LogP) is 2.35. The van der Waals surface area contributed by atoms with Crippen LogP contribution in [0.25, 0.3) is 16.5 Å². The molecule has 2 aromatic rings. The zero-order valence-electron chi connectivity index (χ0n) is 17.3. The second-order valence-corrected chi connectivity index (χ2v) is 7.72. The molecule has 1 aromatic carbocycles. The van der Waals surface area contributed by atoms with E-state index in [9.17, 15) is 4.39 Å². The van der Waals surface area contributed by atoms with E-state index < -0.39 is 0 Å². The Morgan fingerprint density at radius 2 is 2.00 bits per heavy atom. The fourth-order valence-corrected chi connectivity index (χ4v) is 3.58. The van der Waals surface area contributed by atoms with Gasteiger partial charge in [0.15, 0.2) is 0 Å². The van der Waals surface area contributed by atoms with E-state index in [2.05, 4.69) is 33.7 Å². The lowest BCUT2D eigenvalue weighted by molar-refractivity contribution is 0.172. The van der Waals surface area contributed by atoms with Gasteiger partial charge >= 0.3 is 0 Å². The predicted molar refractivity (Wildman–Crippen MR) is 117 cm³/mol. The third-order valence-corrected chi connectivity index (χ3v) is 5.40. The van der Waals surface area contributed by atoms with Gasteiger partial charge in [-0.2, -0.15) is 0 Å². The van der Waals surface area contributed by atoms with E-state index in [0.717, 1.165) is 31.8 Å². The number of rotatable bonds is 6. The summed E-state index contributed by atoms with van der Waals surface area (Å²) in [7, 11) is 5.84. The van der Waals surface area contributed by atoms with Crippen molar-refractivity contribution in [3.05, 3.63) is 54.4 Å². The number of pyridine rings is 1. The molecular formula is C21H30FN7. The van der Waals surface area contributed by atoms with Gasteiger partial charge in [-0.05, 0) is 56.6 Å². The SMILES string of the molecule is C=C(Nc1cc2cc(/C(N)=C/N(C)N)cc(F)c2cn1)N(C)C1CCN(C)CC1. The fraction of sp³-hybridized carbons (Fsp3) is 0.381. The molecule has 0 saturated carbocycles. The number of nitrogens with two attached hydrogens (primary N) is 2. The number of aromatic nitrogens is 1. The van der Waals surface area contributed by atoms with E-state index in [4.69, 9.17) is 11.6 Å². The van der Waals surface area contributed by atoms with Crippen LogP contribution >= 0.6 is 0 Å². The zero-order chi connectivity index (χ0) is 21.1. The van der Waals surface area contributed by atoms with Gasteiger partial charge in [-0.3, -0.25) is 0 Å². The summed E-state index contributed by atoms with van der Waals surface area (Å²) in [6.45, 7) is 6.31. The van der Waals surface area contributed by atoms with Gasteiger partial charge < -0.3 is 25.9 Å². The van der Waals surface area contributed by atoms with E-state index in [1.807, 2.05) is 13.1 Å². The van der Waals surface area contributed by atoms with Crippen LogP contribution in [0.3, 0.4) is 0 Å². The molecule has 0 radical (unpaired) electrons. The quantitative estimate of drug-likeness (QED) is 0.508. The van der Waals surface area contributed by atoms with Crippen LogP contribution in [0.1, 0.15) is 18.4 Å². The number of fused-ring (bicyclic) bond motifs is 1. The molecule has 156 valence electrons. The number of hydrazine groups is 1. The van der Waals surface area contributed by atoms with Crippen LogP contribution in [-0.2, 0) is 0 Å². The number of halogens is 1. The molecule has 1 aliphatic rings. The number of anilines is 1. The summed E-state index contributed by atoms with van der Waals surface area (Å²) >= 11 is 0. The Morgan fingerprint density at radius 1 is 1.31 bits per heavy atom. The lowest BCUT2D eigenvalue weighted by Crippen LogP contribution is -2.42. The zero-order valence-corrected chi connectivity index (χ0v) is 17.3. The molecule has 29 heavy (non-hydrogen) atoms. The highest BCUT2D eigenvalue weighted by molar-refractivity contribution is 5.87. The van der Waals surface area contributed by atoms with Crippen LogP contribution in [0.15, 0.2) is 43.0 Å². The highest BCUT2D eigenvalue weighted by atomic mass is 19.1. The first-order chi connectivity index (χ1) is 13.7. The van der Waals surface area contributed by atoms with Crippen LogP contribution in [0.2, 0.25) is 0 Å². The standard InChI is InChI=1S/C21H30FN7/c1-14(29(4)17-5-7-27(2)8-6-17)26-21-11-15-9-16(20(23)13-28(3)24)10-19(22)18(15)12-25-21/h9-13,17H,1,5-8,23-24H2,2-4H3,(H,25,26)/b20-13-. The minimum Gasteiger partial charge on any atom is -0.397 e. The molecule has 8 heteroatoms. The normalized spacial score (nSPS) is 16.1. The molecule has 7 nitrogen and oxygen atoms in total. The lowest BCUT2D eigenvalue weighted by Gasteiger charge is -2.37. The molecule has 1 aromatic heterocycles. The minimum absolute atomic E-state index is 0.380. The molecule has 1 fully saturated rings. The van der Waals surface area contributed by atoms with Gasteiger partial charge in [0, 0.05) is 43.5 Å². The summed E-state index contributed by atoms with van der Waals surface area (Å²) in [5, 5.41) is 5.72. The van der Waals surface area contributed by atoms with Crippen LogP contribution in [0.5, 0.6) is 0 Å². The fourth-order valence-electron chi connectivity index (χ4n) is 3.58. The van der Waals surface area contributed by atoms with Gasteiger partial charge in [0.05, 0.1) is 11.5 Å². The van der Waals surface area contributed by atoms with Gasteiger partial charge in [0.1, 0.15) is 11.6 Å². The Hall–Kier alpha value is -2.84.